The van der Waals surface area contributed by atoms with E-state index in [1.807, 2.05) is 6.07 Å². The highest BCUT2D eigenvalue weighted by atomic mass is 35.5. The molecule has 13 heteroatoms. The van der Waals surface area contributed by atoms with Gasteiger partial charge in [0.15, 0.2) is 0 Å². The molecule has 2 aromatic rings. The topological polar surface area (TPSA) is 101 Å². The number of nitrogens with one attached hydrogen (secondary N) is 1. The predicted molar refractivity (Wildman–Crippen MR) is 196 cm³/mol. The van der Waals surface area contributed by atoms with Crippen LogP contribution in [-0.2, 0) is 31.3 Å². The summed E-state index contributed by atoms with van der Waals surface area (Å²) in [5.41, 5.74) is 3.08. The first kappa shape index (κ1) is 36.6. The summed E-state index contributed by atoms with van der Waals surface area (Å²) in [6, 6.07) is 10.7. The lowest BCUT2D eigenvalue weighted by Gasteiger charge is -2.49. The number of benzene rings is 2. The van der Waals surface area contributed by atoms with E-state index in [0.29, 0.717) is 50.3 Å². The molecule has 4 heterocycles. The van der Waals surface area contributed by atoms with E-state index in [-0.39, 0.29) is 35.9 Å². The molecule has 1 amide bonds. The Balaban J connectivity index is 1.23. The summed E-state index contributed by atoms with van der Waals surface area (Å²) in [4.78, 5) is 20.3. The van der Waals surface area contributed by atoms with Crippen LogP contribution >= 0.6 is 11.6 Å². The Bertz CT molecular complexity index is 1740. The zero-order valence-corrected chi connectivity index (χ0v) is 31.2. The van der Waals surface area contributed by atoms with Crippen molar-refractivity contribution in [2.24, 2.45) is 5.92 Å². The van der Waals surface area contributed by atoms with Crippen LogP contribution in [0, 0.1) is 5.92 Å². The molecule has 278 valence electrons. The van der Waals surface area contributed by atoms with Gasteiger partial charge in [-0.05, 0) is 86.4 Å². The number of hydrogen-bond acceptors (Lipinski definition) is 9. The number of sulfonamides is 1. The van der Waals surface area contributed by atoms with Crippen LogP contribution in [0.15, 0.2) is 48.3 Å². The molecule has 2 bridgehead atoms. The van der Waals surface area contributed by atoms with E-state index in [2.05, 4.69) is 31.6 Å². The van der Waals surface area contributed by atoms with Gasteiger partial charge in [-0.1, -0.05) is 30.7 Å². The first-order valence-corrected chi connectivity index (χ1v) is 20.3. The van der Waals surface area contributed by atoms with Gasteiger partial charge in [-0.25, -0.2) is 17.5 Å². The van der Waals surface area contributed by atoms with Crippen molar-refractivity contribution in [1.29, 1.82) is 0 Å². The van der Waals surface area contributed by atoms with Gasteiger partial charge in [-0.15, -0.1) is 0 Å². The maximum Gasteiger partial charge on any atom is 0.264 e. The van der Waals surface area contributed by atoms with Crippen LogP contribution in [-0.4, -0.2) is 114 Å². The molecular formula is C38H50ClFN4O6S. The summed E-state index contributed by atoms with van der Waals surface area (Å²) in [5.74, 6) is -0.809. The Hall–Kier alpha value is -2.74. The Labute approximate surface area is 306 Å². The van der Waals surface area contributed by atoms with Gasteiger partial charge in [0.2, 0.25) is 10.0 Å². The van der Waals surface area contributed by atoms with Crippen LogP contribution in [0.4, 0.5) is 10.1 Å². The van der Waals surface area contributed by atoms with Gasteiger partial charge < -0.3 is 19.1 Å². The normalized spacial score (nSPS) is 31.3. The molecule has 0 saturated carbocycles. The second kappa shape index (κ2) is 15.3. The first-order valence-electron chi connectivity index (χ1n) is 18.4. The Morgan fingerprint density at radius 1 is 1.12 bits per heavy atom. The SMILES string of the molecule is C[C@@H]1[C@@H](C)C/C=C(\F)[C@H](COCCN2CCOCC2)N2CC[C@H]2CN2C[C@@]3(CCCc4cc(Cl)ccc43)COc3ccc(cc32)C(=O)NS1(=O)=O. The minimum absolute atomic E-state index is 0.0235. The monoisotopic (exact) mass is 744 g/mol. The van der Waals surface area contributed by atoms with Gasteiger partial charge in [0, 0.05) is 61.3 Å². The lowest BCUT2D eigenvalue weighted by molar-refractivity contribution is -0.0143. The smallest absolute Gasteiger partial charge is 0.264 e. The second-order valence-electron chi connectivity index (χ2n) is 15.0. The maximum absolute atomic E-state index is 16.4. The molecule has 1 aliphatic carbocycles. The summed E-state index contributed by atoms with van der Waals surface area (Å²) in [7, 11) is -4.06. The van der Waals surface area contributed by atoms with Crippen molar-refractivity contribution in [1.82, 2.24) is 14.5 Å². The highest BCUT2D eigenvalue weighted by Gasteiger charge is 2.44. The number of carbonyl (C=O) groups excluding carboxylic acids is 1. The van der Waals surface area contributed by atoms with Crippen LogP contribution in [0.1, 0.15) is 61.0 Å². The third-order valence-corrected chi connectivity index (χ3v) is 13.9. The van der Waals surface area contributed by atoms with Gasteiger partial charge in [0.25, 0.3) is 5.91 Å². The summed E-state index contributed by atoms with van der Waals surface area (Å²) in [6.07, 6.45) is 5.46. The number of carbonyl (C=O) groups is 1. The molecule has 0 aromatic heterocycles. The largest absolute Gasteiger partial charge is 0.490 e. The number of ether oxygens (including phenoxy) is 3. The van der Waals surface area contributed by atoms with E-state index < -0.39 is 33.1 Å². The number of hydrogen-bond donors (Lipinski definition) is 1. The van der Waals surface area contributed by atoms with Crippen molar-refractivity contribution < 1.29 is 31.8 Å². The fraction of sp³-hybridized carbons (Fsp3) is 0.605. The molecular weight excluding hydrogens is 695 g/mol. The van der Waals surface area contributed by atoms with E-state index >= 15 is 4.39 Å². The van der Waals surface area contributed by atoms with Crippen LogP contribution in [0.5, 0.6) is 5.75 Å². The Morgan fingerprint density at radius 3 is 2.73 bits per heavy atom. The minimum atomic E-state index is -4.06. The maximum atomic E-state index is 16.4. The van der Waals surface area contributed by atoms with Gasteiger partial charge in [0.05, 0.1) is 50.0 Å². The molecule has 7 rings (SSSR count). The number of allylic oxidation sites excluding steroid dienone is 1. The van der Waals surface area contributed by atoms with Crippen molar-refractivity contribution in [2.45, 2.75) is 68.7 Å². The van der Waals surface area contributed by atoms with Crippen LogP contribution in [0.3, 0.4) is 0 Å². The number of nitrogens with zero attached hydrogens (tertiary/aromatic N) is 3. The van der Waals surface area contributed by atoms with Crippen molar-refractivity contribution >= 4 is 33.2 Å². The van der Waals surface area contributed by atoms with Crippen LogP contribution in [0.25, 0.3) is 0 Å². The second-order valence-corrected chi connectivity index (χ2v) is 17.5. The summed E-state index contributed by atoms with van der Waals surface area (Å²) in [5, 5.41) is -0.222. The van der Waals surface area contributed by atoms with Crippen molar-refractivity contribution in [3.63, 3.8) is 0 Å². The third-order valence-electron chi connectivity index (χ3n) is 11.8. The number of morpholine rings is 1. The van der Waals surface area contributed by atoms with E-state index in [1.54, 1.807) is 32.0 Å². The molecule has 10 nitrogen and oxygen atoms in total. The molecule has 5 aliphatic rings. The molecule has 4 aliphatic heterocycles. The van der Waals surface area contributed by atoms with Crippen LogP contribution < -0.4 is 14.4 Å². The number of aryl methyl sites for hydroxylation is 1. The fourth-order valence-corrected chi connectivity index (χ4v) is 9.82. The van der Waals surface area contributed by atoms with Crippen LogP contribution in [0.2, 0.25) is 5.02 Å². The molecule has 51 heavy (non-hydrogen) atoms. The van der Waals surface area contributed by atoms with Crippen molar-refractivity contribution in [2.75, 3.05) is 77.2 Å². The van der Waals surface area contributed by atoms with E-state index in [0.717, 1.165) is 57.5 Å². The number of fused-ring (bicyclic) bond motifs is 4. The number of amides is 1. The third kappa shape index (κ3) is 7.82. The number of rotatable bonds is 5. The zero-order chi connectivity index (χ0) is 35.8. The minimum Gasteiger partial charge on any atom is -0.490 e. The highest BCUT2D eigenvalue weighted by molar-refractivity contribution is 7.90. The van der Waals surface area contributed by atoms with Crippen molar-refractivity contribution in [3.8, 4) is 5.75 Å². The summed E-state index contributed by atoms with van der Waals surface area (Å²) >= 11 is 6.44. The van der Waals surface area contributed by atoms with Gasteiger partial charge >= 0.3 is 0 Å². The molecule has 2 saturated heterocycles. The highest BCUT2D eigenvalue weighted by Crippen LogP contribution is 2.45. The fourth-order valence-electron chi connectivity index (χ4n) is 8.34. The molecule has 2 aromatic carbocycles. The predicted octanol–water partition coefficient (Wildman–Crippen LogP) is 4.95. The number of halogens is 2. The average molecular weight is 745 g/mol. The molecule has 5 atom stereocenters. The van der Waals surface area contributed by atoms with Gasteiger partial charge in [-0.2, -0.15) is 0 Å². The summed E-state index contributed by atoms with van der Waals surface area (Å²) < 4.78 is 63.8. The van der Waals surface area contributed by atoms with Gasteiger partial charge in [-0.3, -0.25) is 14.6 Å². The molecule has 0 radical (unpaired) electrons. The molecule has 1 spiro atoms. The lowest BCUT2D eigenvalue weighted by atomic mass is 9.70. The standard InChI is InChI=1S/C38H50ClFN4O6S/c1-26-5-9-33(40)35(23-49-19-16-42-14-17-48-18-15-42)44-13-11-31(44)22-43-24-38(12-3-4-28-20-30(39)7-8-32(28)38)25-50-36-10-6-29(21-34(36)43)37(45)41-51(46,47)27(26)2/h6-10,20-21,26-27,31,35H,3-5,11-19,22-25H2,1-2H3,(H,41,45)/b33-9-/t26-,27+,31-,35-,38-/m0/s1. The quantitative estimate of drug-likeness (QED) is 0.427. The van der Waals surface area contributed by atoms with E-state index in [9.17, 15) is 13.2 Å². The van der Waals surface area contributed by atoms with Crippen molar-refractivity contribution in [3.05, 3.63) is 70.0 Å². The van der Waals surface area contributed by atoms with Gasteiger partial charge in [0.1, 0.15) is 11.6 Å². The lowest BCUT2D eigenvalue weighted by Crippen LogP contribution is -2.60. The Kier molecular flexibility index (Phi) is 11.0. The first-order chi connectivity index (χ1) is 24.5. The van der Waals surface area contributed by atoms with E-state index in [1.165, 1.54) is 17.2 Å². The molecule has 2 fully saturated rings. The molecule has 1 N–H and O–H groups in total. The average Bonchev–Trinajstić information content (AvgIpc) is 3.26. The zero-order valence-electron chi connectivity index (χ0n) is 29.6. The molecule has 0 unspecified atom stereocenters. The summed E-state index contributed by atoms with van der Waals surface area (Å²) in [6.45, 7) is 10.3. The van der Waals surface area contributed by atoms with E-state index in [4.69, 9.17) is 25.8 Å². The Morgan fingerprint density at radius 2 is 1.94 bits per heavy atom. The number of anilines is 1.